The maximum absolute atomic E-state index is 13.1. The van der Waals surface area contributed by atoms with Crippen LogP contribution >= 0.6 is 0 Å². The second kappa shape index (κ2) is 11.5. The van der Waals surface area contributed by atoms with Crippen LogP contribution in [0.25, 0.3) is 0 Å². The van der Waals surface area contributed by atoms with E-state index in [4.69, 9.17) is 18.9 Å². The minimum absolute atomic E-state index is 0.0522. The summed E-state index contributed by atoms with van der Waals surface area (Å²) in [5.41, 5.74) is 0.800. The van der Waals surface area contributed by atoms with Crippen LogP contribution in [0.1, 0.15) is 10.4 Å². The van der Waals surface area contributed by atoms with Gasteiger partial charge in [-0.3, -0.25) is 9.10 Å². The summed E-state index contributed by atoms with van der Waals surface area (Å²) in [6.45, 7) is 0.600. The molecule has 0 saturated heterocycles. The van der Waals surface area contributed by atoms with Crippen LogP contribution in [0.3, 0.4) is 0 Å². The lowest BCUT2D eigenvalue weighted by Crippen LogP contribution is -2.28. The summed E-state index contributed by atoms with van der Waals surface area (Å²) in [7, 11) is 2.09. The number of amides is 1. The van der Waals surface area contributed by atoms with Gasteiger partial charge in [0.05, 0.1) is 38.5 Å². The fraction of sp³-hybridized carbons (Fsp3) is 0.240. The van der Waals surface area contributed by atoms with Gasteiger partial charge in [-0.15, -0.1) is 0 Å². The molecule has 0 bridgehead atoms. The zero-order valence-corrected chi connectivity index (χ0v) is 20.8. The van der Waals surface area contributed by atoms with Gasteiger partial charge in [-0.05, 0) is 60.7 Å². The van der Waals surface area contributed by atoms with E-state index < -0.39 is 10.0 Å². The molecule has 0 saturated carbocycles. The van der Waals surface area contributed by atoms with Gasteiger partial charge in [0.2, 0.25) is 0 Å². The minimum Gasteiger partial charge on any atom is -0.497 e. The first-order valence-corrected chi connectivity index (χ1v) is 12.1. The van der Waals surface area contributed by atoms with E-state index >= 15 is 0 Å². The highest BCUT2D eigenvalue weighted by molar-refractivity contribution is 7.92. The monoisotopic (exact) mass is 500 g/mol. The summed E-state index contributed by atoms with van der Waals surface area (Å²) in [4.78, 5) is 12.5. The fourth-order valence-corrected chi connectivity index (χ4v) is 4.42. The highest BCUT2D eigenvalue weighted by Gasteiger charge is 2.23. The van der Waals surface area contributed by atoms with Crippen molar-refractivity contribution < 1.29 is 32.2 Å². The molecule has 3 rings (SSSR count). The molecule has 0 unspecified atom stereocenters. The van der Waals surface area contributed by atoms with Crippen LogP contribution < -0.4 is 28.6 Å². The van der Waals surface area contributed by atoms with E-state index in [9.17, 15) is 13.2 Å². The molecule has 0 aliphatic rings. The Kier molecular flexibility index (Phi) is 8.43. The molecule has 0 spiro atoms. The van der Waals surface area contributed by atoms with Gasteiger partial charge in [-0.1, -0.05) is 0 Å². The highest BCUT2D eigenvalue weighted by atomic mass is 32.2. The minimum atomic E-state index is -3.86. The molecule has 0 aliphatic carbocycles. The number of hydrogen-bond donors (Lipinski definition) is 1. The number of methoxy groups -OCH3 is 3. The normalized spacial score (nSPS) is 10.9. The van der Waals surface area contributed by atoms with E-state index in [0.29, 0.717) is 41.7 Å². The lowest BCUT2D eigenvalue weighted by Gasteiger charge is -2.20. The lowest BCUT2D eigenvalue weighted by atomic mass is 10.2. The van der Waals surface area contributed by atoms with Crippen molar-refractivity contribution in [2.45, 2.75) is 4.90 Å². The molecular weight excluding hydrogens is 472 g/mol. The SMILES string of the molecule is COc1ccc(OCCNC(=O)c2ccc(N(C)S(=O)(=O)c3ccc(OC)c(OC)c3)cc2)cc1. The standard InChI is InChI=1S/C25H28N2O7S/c1-27(35(29,30)22-13-14-23(32-3)24(17-22)33-4)19-7-5-18(6-8-19)25(28)26-15-16-34-21-11-9-20(31-2)10-12-21/h5-14,17H,15-16H2,1-4H3,(H,26,28). The fourth-order valence-electron chi connectivity index (χ4n) is 3.20. The molecule has 0 atom stereocenters. The van der Waals surface area contributed by atoms with E-state index in [1.165, 1.54) is 39.5 Å². The molecule has 3 aromatic rings. The predicted molar refractivity (Wildman–Crippen MR) is 132 cm³/mol. The molecule has 1 N–H and O–H groups in total. The van der Waals surface area contributed by atoms with Gasteiger partial charge in [0, 0.05) is 18.7 Å². The smallest absolute Gasteiger partial charge is 0.264 e. The Morgan fingerprint density at radius 2 is 1.46 bits per heavy atom. The lowest BCUT2D eigenvalue weighted by molar-refractivity contribution is 0.0947. The maximum atomic E-state index is 13.1. The van der Waals surface area contributed by atoms with Crippen molar-refractivity contribution in [3.63, 3.8) is 0 Å². The number of carbonyl (C=O) groups is 1. The molecule has 0 heterocycles. The maximum Gasteiger partial charge on any atom is 0.264 e. The van der Waals surface area contributed by atoms with Crippen LogP contribution in [0.15, 0.2) is 71.6 Å². The average molecular weight is 501 g/mol. The molecule has 0 fully saturated rings. The Bertz CT molecular complexity index is 1240. The van der Waals surface area contributed by atoms with E-state index in [0.717, 1.165) is 10.1 Å². The predicted octanol–water partition coefficient (Wildman–Crippen LogP) is 3.35. The number of benzene rings is 3. The number of hydrogen-bond acceptors (Lipinski definition) is 7. The Balaban J connectivity index is 1.59. The third-order valence-corrected chi connectivity index (χ3v) is 7.00. The topological polar surface area (TPSA) is 103 Å². The first-order valence-electron chi connectivity index (χ1n) is 10.7. The Morgan fingerprint density at radius 1 is 0.829 bits per heavy atom. The van der Waals surface area contributed by atoms with Crippen molar-refractivity contribution >= 4 is 21.6 Å². The second-order valence-electron chi connectivity index (χ2n) is 7.32. The molecule has 35 heavy (non-hydrogen) atoms. The largest absolute Gasteiger partial charge is 0.497 e. The zero-order chi connectivity index (χ0) is 25.4. The molecule has 3 aromatic carbocycles. The van der Waals surface area contributed by atoms with Crippen molar-refractivity contribution in [2.24, 2.45) is 0 Å². The third-order valence-electron chi connectivity index (χ3n) is 5.22. The van der Waals surface area contributed by atoms with Crippen LogP contribution in [-0.4, -0.2) is 55.9 Å². The molecule has 0 radical (unpaired) electrons. The van der Waals surface area contributed by atoms with Gasteiger partial charge in [0.1, 0.15) is 18.1 Å². The van der Waals surface area contributed by atoms with Crippen LogP contribution in [0.4, 0.5) is 5.69 Å². The summed E-state index contributed by atoms with van der Waals surface area (Å²) < 4.78 is 48.4. The number of nitrogens with one attached hydrogen (secondary N) is 1. The van der Waals surface area contributed by atoms with E-state index in [1.54, 1.807) is 55.6 Å². The van der Waals surface area contributed by atoms with Crippen molar-refractivity contribution in [3.05, 3.63) is 72.3 Å². The number of carbonyl (C=O) groups excluding carboxylic acids is 1. The van der Waals surface area contributed by atoms with Gasteiger partial charge in [-0.25, -0.2) is 8.42 Å². The van der Waals surface area contributed by atoms with E-state index in [-0.39, 0.29) is 10.8 Å². The van der Waals surface area contributed by atoms with Crippen LogP contribution in [-0.2, 0) is 10.0 Å². The molecule has 1 amide bonds. The van der Waals surface area contributed by atoms with E-state index in [2.05, 4.69) is 5.32 Å². The summed E-state index contributed by atoms with van der Waals surface area (Å²) in [5, 5.41) is 2.77. The number of ether oxygens (including phenoxy) is 4. The van der Waals surface area contributed by atoms with Crippen LogP contribution in [0.2, 0.25) is 0 Å². The Hall–Kier alpha value is -3.92. The molecule has 0 aromatic heterocycles. The number of nitrogens with zero attached hydrogens (tertiary/aromatic N) is 1. The average Bonchev–Trinajstić information content (AvgIpc) is 2.90. The van der Waals surface area contributed by atoms with Crippen LogP contribution in [0, 0.1) is 0 Å². The molecule has 9 nitrogen and oxygen atoms in total. The van der Waals surface area contributed by atoms with Crippen molar-refractivity contribution in [1.82, 2.24) is 5.32 Å². The molecule has 186 valence electrons. The van der Waals surface area contributed by atoms with Gasteiger partial charge >= 0.3 is 0 Å². The van der Waals surface area contributed by atoms with Crippen molar-refractivity contribution in [3.8, 4) is 23.0 Å². The zero-order valence-electron chi connectivity index (χ0n) is 20.0. The molecular formula is C25H28N2O7S. The Labute approximate surface area is 205 Å². The molecule has 0 aliphatic heterocycles. The summed E-state index contributed by atoms with van der Waals surface area (Å²) in [6, 6.07) is 17.8. The van der Waals surface area contributed by atoms with Crippen LogP contribution in [0.5, 0.6) is 23.0 Å². The van der Waals surface area contributed by atoms with Crippen molar-refractivity contribution in [1.29, 1.82) is 0 Å². The summed E-state index contributed by atoms with van der Waals surface area (Å²) in [6.07, 6.45) is 0. The van der Waals surface area contributed by atoms with E-state index in [1.807, 2.05) is 0 Å². The Morgan fingerprint density at radius 3 is 2.06 bits per heavy atom. The molecule has 10 heteroatoms. The van der Waals surface area contributed by atoms with Gasteiger partial charge in [0.15, 0.2) is 11.5 Å². The number of anilines is 1. The van der Waals surface area contributed by atoms with Gasteiger partial charge in [0.25, 0.3) is 15.9 Å². The second-order valence-corrected chi connectivity index (χ2v) is 9.29. The van der Waals surface area contributed by atoms with Crippen molar-refractivity contribution in [2.75, 3.05) is 45.8 Å². The third kappa shape index (κ3) is 6.15. The summed E-state index contributed by atoms with van der Waals surface area (Å²) >= 11 is 0. The quantitative estimate of drug-likeness (QED) is 0.403. The number of rotatable bonds is 11. The number of sulfonamides is 1. The first-order chi connectivity index (χ1) is 16.8. The highest BCUT2D eigenvalue weighted by Crippen LogP contribution is 2.31. The van der Waals surface area contributed by atoms with Gasteiger partial charge < -0.3 is 24.3 Å². The van der Waals surface area contributed by atoms with Gasteiger partial charge in [-0.2, -0.15) is 0 Å². The first kappa shape index (κ1) is 25.7. The summed E-state index contributed by atoms with van der Waals surface area (Å²) in [5.74, 6) is 1.85.